The van der Waals surface area contributed by atoms with Gasteiger partial charge in [0.15, 0.2) is 11.5 Å². The fraction of sp³-hybridized carbons (Fsp3) is 0.200. The number of rotatable bonds is 6. The van der Waals surface area contributed by atoms with Crippen LogP contribution in [-0.2, 0) is 6.42 Å². The molecule has 1 aromatic carbocycles. The fourth-order valence-corrected chi connectivity index (χ4v) is 2.65. The normalized spacial score (nSPS) is 10.2. The van der Waals surface area contributed by atoms with Gasteiger partial charge in [-0.05, 0) is 36.8 Å². The largest absolute Gasteiger partial charge is 0.388 e. The molecule has 0 unspecified atom stereocenters. The molecule has 134 valence electrons. The van der Waals surface area contributed by atoms with Crippen molar-refractivity contribution in [1.29, 1.82) is 0 Å². The van der Waals surface area contributed by atoms with Gasteiger partial charge in [0.1, 0.15) is 0 Å². The molecule has 3 rings (SSSR count). The van der Waals surface area contributed by atoms with Crippen molar-refractivity contribution in [2.24, 2.45) is 0 Å². The number of imidazole rings is 1. The van der Waals surface area contributed by atoms with E-state index in [1.54, 1.807) is 24.9 Å². The standard InChI is InChI=1S/C17H19N5S.C3H4/c1-18-13-5-3-6-14(11-13)21-16-17-20-12-15(7-4-10-23-2)22(17)9-8-19-16;1-3-2/h3-6,8-12,18H,7H2,1-2H3,(H,19,21);1H,2H3/b10-4-;. The minimum Gasteiger partial charge on any atom is -0.388 e. The first-order valence-electron chi connectivity index (χ1n) is 8.14. The average molecular weight is 366 g/mol. The number of nitrogens with one attached hydrogen (secondary N) is 2. The lowest BCUT2D eigenvalue weighted by molar-refractivity contribution is 1.03. The maximum absolute atomic E-state index is 4.60. The molecule has 0 aliphatic heterocycles. The molecule has 3 aromatic rings. The lowest BCUT2D eigenvalue weighted by atomic mass is 10.3. The number of hydrogen-bond acceptors (Lipinski definition) is 5. The van der Waals surface area contributed by atoms with Crippen LogP contribution in [0.15, 0.2) is 54.3 Å². The average Bonchev–Trinajstić information content (AvgIpc) is 3.07. The van der Waals surface area contributed by atoms with Crippen molar-refractivity contribution in [3.8, 4) is 12.3 Å². The van der Waals surface area contributed by atoms with E-state index in [4.69, 9.17) is 0 Å². The van der Waals surface area contributed by atoms with Crippen LogP contribution in [-0.4, -0.2) is 27.7 Å². The van der Waals surface area contributed by atoms with Gasteiger partial charge < -0.3 is 10.6 Å². The number of benzene rings is 1. The van der Waals surface area contributed by atoms with Crippen LogP contribution in [0.5, 0.6) is 0 Å². The third-order valence-corrected chi connectivity index (χ3v) is 3.94. The van der Waals surface area contributed by atoms with Crippen LogP contribution in [0.25, 0.3) is 5.65 Å². The molecular formula is C20H23N5S. The molecule has 0 saturated carbocycles. The third-order valence-electron chi connectivity index (χ3n) is 3.48. The summed E-state index contributed by atoms with van der Waals surface area (Å²) < 4.78 is 2.07. The highest BCUT2D eigenvalue weighted by molar-refractivity contribution is 8.01. The first-order valence-corrected chi connectivity index (χ1v) is 9.43. The quantitative estimate of drug-likeness (QED) is 0.627. The predicted molar refractivity (Wildman–Crippen MR) is 113 cm³/mol. The van der Waals surface area contributed by atoms with Crippen molar-refractivity contribution in [1.82, 2.24) is 14.4 Å². The van der Waals surface area contributed by atoms with Gasteiger partial charge in [-0.2, -0.15) is 0 Å². The number of thioether (sulfide) groups is 1. The minimum absolute atomic E-state index is 0.751. The molecule has 0 atom stereocenters. The van der Waals surface area contributed by atoms with E-state index >= 15 is 0 Å². The van der Waals surface area contributed by atoms with E-state index in [2.05, 4.69) is 55.1 Å². The van der Waals surface area contributed by atoms with Crippen LogP contribution in [0.3, 0.4) is 0 Å². The van der Waals surface area contributed by atoms with E-state index in [-0.39, 0.29) is 0 Å². The molecule has 0 fully saturated rings. The van der Waals surface area contributed by atoms with Crippen LogP contribution >= 0.6 is 11.8 Å². The predicted octanol–water partition coefficient (Wildman–Crippen LogP) is 4.57. The summed E-state index contributed by atoms with van der Waals surface area (Å²) in [6.07, 6.45) is 15.3. The van der Waals surface area contributed by atoms with E-state index in [0.717, 1.165) is 35.0 Å². The summed E-state index contributed by atoms with van der Waals surface area (Å²) in [6.45, 7) is 1.65. The van der Waals surface area contributed by atoms with Crippen LogP contribution in [0, 0.1) is 12.3 Å². The monoisotopic (exact) mass is 365 g/mol. The van der Waals surface area contributed by atoms with Gasteiger partial charge in [-0.1, -0.05) is 12.1 Å². The van der Waals surface area contributed by atoms with Gasteiger partial charge in [-0.3, -0.25) is 4.40 Å². The smallest absolute Gasteiger partial charge is 0.180 e. The van der Waals surface area contributed by atoms with E-state index < -0.39 is 0 Å². The molecular weight excluding hydrogens is 342 g/mol. The molecule has 0 radical (unpaired) electrons. The van der Waals surface area contributed by atoms with E-state index in [1.165, 1.54) is 0 Å². The second-order valence-electron chi connectivity index (χ2n) is 5.28. The summed E-state index contributed by atoms with van der Waals surface area (Å²) in [5, 5.41) is 8.56. The topological polar surface area (TPSA) is 54.2 Å². The number of nitrogens with zero attached hydrogens (tertiary/aromatic N) is 3. The molecule has 2 aromatic heterocycles. The molecule has 2 heterocycles. The molecule has 5 nitrogen and oxygen atoms in total. The lowest BCUT2D eigenvalue weighted by Gasteiger charge is -2.09. The van der Waals surface area contributed by atoms with Gasteiger partial charge in [0.2, 0.25) is 0 Å². The first-order chi connectivity index (χ1) is 12.7. The fourth-order valence-electron chi connectivity index (χ4n) is 2.36. The molecule has 26 heavy (non-hydrogen) atoms. The number of aromatic nitrogens is 3. The Kier molecular flexibility index (Phi) is 7.59. The molecule has 0 spiro atoms. The molecule has 0 saturated heterocycles. The highest BCUT2D eigenvalue weighted by Gasteiger charge is 2.08. The molecule has 0 aliphatic rings. The number of allylic oxidation sites excluding steroid dienone is 1. The van der Waals surface area contributed by atoms with E-state index in [1.807, 2.05) is 43.7 Å². The van der Waals surface area contributed by atoms with Gasteiger partial charge in [0.05, 0.1) is 0 Å². The second-order valence-corrected chi connectivity index (χ2v) is 6.02. The van der Waals surface area contributed by atoms with Gasteiger partial charge in [-0.25, -0.2) is 9.97 Å². The van der Waals surface area contributed by atoms with E-state index in [0.29, 0.717) is 0 Å². The highest BCUT2D eigenvalue weighted by Crippen LogP contribution is 2.22. The Bertz CT molecular complexity index is 908. The van der Waals surface area contributed by atoms with Crippen molar-refractivity contribution in [2.75, 3.05) is 23.9 Å². The van der Waals surface area contributed by atoms with Gasteiger partial charge in [0, 0.05) is 49.1 Å². The number of anilines is 3. The second kappa shape index (κ2) is 10.2. The summed E-state index contributed by atoms with van der Waals surface area (Å²) in [7, 11) is 1.90. The van der Waals surface area contributed by atoms with Gasteiger partial charge >= 0.3 is 0 Å². The number of fused-ring (bicyclic) bond motifs is 1. The summed E-state index contributed by atoms with van der Waals surface area (Å²) >= 11 is 1.70. The number of terminal acetylenes is 1. The maximum Gasteiger partial charge on any atom is 0.180 e. The Labute approximate surface area is 159 Å². The van der Waals surface area contributed by atoms with Crippen molar-refractivity contribution >= 4 is 34.6 Å². The molecule has 0 amide bonds. The van der Waals surface area contributed by atoms with E-state index in [9.17, 15) is 0 Å². The van der Waals surface area contributed by atoms with Gasteiger partial charge in [-0.15, -0.1) is 24.1 Å². The summed E-state index contributed by atoms with van der Waals surface area (Å²) in [4.78, 5) is 8.95. The SMILES string of the molecule is C#CC.CNc1cccc(Nc2nccn3c(C/C=C\SC)cnc23)c1. The number of hydrogen-bond donors (Lipinski definition) is 2. The minimum atomic E-state index is 0.751. The maximum atomic E-state index is 4.60. The van der Waals surface area contributed by atoms with Gasteiger partial charge in [0.25, 0.3) is 0 Å². The Morgan fingerprint density at radius 1 is 1.31 bits per heavy atom. The highest BCUT2D eigenvalue weighted by atomic mass is 32.2. The third kappa shape index (κ3) is 5.04. The molecule has 2 N–H and O–H groups in total. The zero-order chi connectivity index (χ0) is 18.8. The summed E-state index contributed by atoms with van der Waals surface area (Å²) in [5.74, 6) is 3.00. The van der Waals surface area contributed by atoms with Crippen LogP contribution in [0.1, 0.15) is 12.6 Å². The summed E-state index contributed by atoms with van der Waals surface area (Å²) in [5.41, 5.74) is 3.99. The van der Waals surface area contributed by atoms with Crippen molar-refractivity contribution in [3.05, 3.63) is 60.0 Å². The van der Waals surface area contributed by atoms with Crippen LogP contribution in [0.2, 0.25) is 0 Å². The van der Waals surface area contributed by atoms with Crippen molar-refractivity contribution < 1.29 is 0 Å². The van der Waals surface area contributed by atoms with Crippen molar-refractivity contribution in [3.63, 3.8) is 0 Å². The Balaban J connectivity index is 0.000000758. The zero-order valence-corrected chi connectivity index (χ0v) is 16.0. The Morgan fingerprint density at radius 3 is 2.81 bits per heavy atom. The Hall–Kier alpha value is -2.91. The molecule has 0 aliphatic carbocycles. The van der Waals surface area contributed by atoms with Crippen LogP contribution < -0.4 is 10.6 Å². The summed E-state index contributed by atoms with van der Waals surface area (Å²) in [6, 6.07) is 8.07. The van der Waals surface area contributed by atoms with Crippen molar-refractivity contribution in [2.45, 2.75) is 13.3 Å². The lowest BCUT2D eigenvalue weighted by Crippen LogP contribution is -2.00. The molecule has 6 heteroatoms. The Morgan fingerprint density at radius 2 is 2.08 bits per heavy atom. The zero-order valence-electron chi connectivity index (χ0n) is 15.2. The molecule has 0 bridgehead atoms. The van der Waals surface area contributed by atoms with Crippen LogP contribution in [0.4, 0.5) is 17.2 Å². The first kappa shape index (κ1) is 19.4.